The lowest BCUT2D eigenvalue weighted by Crippen LogP contribution is -3.05. The first kappa shape index (κ1) is 19.9. The quantitative estimate of drug-likeness (QED) is 0.489. The first-order chi connectivity index (χ1) is 13.4. The standard InChI is InChI=1S/C20H22N4O3S/c1-14-8-6-11-17-18(14)21-20(28-17)23(13-7-12-22(2)3)19(25)15-9-4-5-10-16(15)24(26)27/h4-6,8-11H,7,12-13H2,1-3H3/p+1. The fourth-order valence-electron chi connectivity index (χ4n) is 3.02. The van der Waals surface area contributed by atoms with Crippen molar-refractivity contribution in [3.63, 3.8) is 0 Å². The SMILES string of the molecule is Cc1cccc2sc(N(CCC[NH+](C)C)C(=O)c3ccccc3[N+](=O)[O-])nc12. The molecule has 28 heavy (non-hydrogen) atoms. The molecular formula is C20H23N4O3S+. The number of hydrogen-bond donors (Lipinski definition) is 1. The van der Waals surface area contributed by atoms with E-state index in [9.17, 15) is 14.9 Å². The average molecular weight is 399 g/mol. The highest BCUT2D eigenvalue weighted by molar-refractivity contribution is 7.22. The Morgan fingerprint density at radius 2 is 1.96 bits per heavy atom. The molecule has 1 heterocycles. The highest BCUT2D eigenvalue weighted by Gasteiger charge is 2.27. The van der Waals surface area contributed by atoms with Crippen molar-refractivity contribution in [2.45, 2.75) is 13.3 Å². The number of aryl methyl sites for hydroxylation is 1. The summed E-state index contributed by atoms with van der Waals surface area (Å²) in [6.07, 6.45) is 0.767. The molecular weight excluding hydrogens is 376 g/mol. The van der Waals surface area contributed by atoms with E-state index in [0.717, 1.165) is 28.7 Å². The zero-order valence-corrected chi connectivity index (χ0v) is 17.0. The Labute approximate surface area is 167 Å². The lowest BCUT2D eigenvalue weighted by Gasteiger charge is -2.20. The van der Waals surface area contributed by atoms with Crippen LogP contribution in [0.5, 0.6) is 0 Å². The molecule has 3 rings (SSSR count). The van der Waals surface area contributed by atoms with Gasteiger partial charge in [-0.05, 0) is 24.6 Å². The van der Waals surface area contributed by atoms with Crippen molar-refractivity contribution in [2.75, 3.05) is 32.1 Å². The Balaban J connectivity index is 2.02. The minimum absolute atomic E-state index is 0.0840. The van der Waals surface area contributed by atoms with Crippen LogP contribution in [0.25, 0.3) is 10.2 Å². The molecule has 7 nitrogen and oxygen atoms in total. The normalized spacial score (nSPS) is 11.1. The van der Waals surface area contributed by atoms with E-state index in [-0.39, 0.29) is 11.3 Å². The third kappa shape index (κ3) is 4.18. The number of anilines is 1. The van der Waals surface area contributed by atoms with Gasteiger partial charge in [0.1, 0.15) is 5.56 Å². The molecule has 0 atom stereocenters. The molecule has 0 radical (unpaired) electrons. The minimum atomic E-state index is -0.516. The molecule has 0 fully saturated rings. The van der Waals surface area contributed by atoms with E-state index in [0.29, 0.717) is 11.7 Å². The van der Waals surface area contributed by atoms with Gasteiger partial charge < -0.3 is 4.90 Å². The van der Waals surface area contributed by atoms with E-state index in [1.807, 2.05) is 25.1 Å². The summed E-state index contributed by atoms with van der Waals surface area (Å²) in [5, 5.41) is 12.0. The second kappa shape index (κ2) is 8.45. The van der Waals surface area contributed by atoms with Crippen LogP contribution in [0, 0.1) is 17.0 Å². The predicted molar refractivity (Wildman–Crippen MR) is 111 cm³/mol. The lowest BCUT2D eigenvalue weighted by molar-refractivity contribution is -0.858. The fourth-order valence-corrected chi connectivity index (χ4v) is 4.09. The van der Waals surface area contributed by atoms with Crippen LogP contribution in [0.15, 0.2) is 42.5 Å². The van der Waals surface area contributed by atoms with Crippen LogP contribution in [-0.2, 0) is 0 Å². The smallest absolute Gasteiger partial charge is 0.282 e. The molecule has 0 aliphatic heterocycles. The third-order valence-corrected chi connectivity index (χ3v) is 5.52. The number of fused-ring (bicyclic) bond motifs is 1. The van der Waals surface area contributed by atoms with Gasteiger partial charge in [0.15, 0.2) is 5.13 Å². The van der Waals surface area contributed by atoms with Crippen LogP contribution in [0.1, 0.15) is 22.3 Å². The largest absolute Gasteiger partial charge is 0.340 e. The van der Waals surface area contributed by atoms with Gasteiger partial charge in [-0.3, -0.25) is 19.8 Å². The second-order valence-corrected chi connectivity index (χ2v) is 7.97. The van der Waals surface area contributed by atoms with Gasteiger partial charge in [0, 0.05) is 19.0 Å². The zero-order valence-electron chi connectivity index (χ0n) is 16.1. The van der Waals surface area contributed by atoms with Crippen molar-refractivity contribution < 1.29 is 14.6 Å². The molecule has 0 unspecified atom stereocenters. The van der Waals surface area contributed by atoms with Crippen molar-refractivity contribution in [1.29, 1.82) is 0 Å². The van der Waals surface area contributed by atoms with Crippen LogP contribution in [-0.4, -0.2) is 43.0 Å². The van der Waals surface area contributed by atoms with Gasteiger partial charge in [0.2, 0.25) is 0 Å². The maximum Gasteiger partial charge on any atom is 0.282 e. The van der Waals surface area contributed by atoms with Gasteiger partial charge in [-0.1, -0.05) is 35.6 Å². The predicted octanol–water partition coefficient (Wildman–Crippen LogP) is 2.69. The summed E-state index contributed by atoms with van der Waals surface area (Å²) >= 11 is 1.43. The summed E-state index contributed by atoms with van der Waals surface area (Å²) in [4.78, 5) is 31.7. The highest BCUT2D eigenvalue weighted by atomic mass is 32.1. The summed E-state index contributed by atoms with van der Waals surface area (Å²) < 4.78 is 0.994. The first-order valence-electron chi connectivity index (χ1n) is 9.09. The van der Waals surface area contributed by atoms with Crippen LogP contribution in [0.2, 0.25) is 0 Å². The van der Waals surface area contributed by atoms with Gasteiger partial charge in [0.05, 0.1) is 35.8 Å². The van der Waals surface area contributed by atoms with Gasteiger partial charge in [0.25, 0.3) is 11.6 Å². The van der Waals surface area contributed by atoms with Crippen LogP contribution >= 0.6 is 11.3 Å². The van der Waals surface area contributed by atoms with Gasteiger partial charge in [-0.2, -0.15) is 0 Å². The zero-order chi connectivity index (χ0) is 20.3. The van der Waals surface area contributed by atoms with E-state index >= 15 is 0 Å². The maximum atomic E-state index is 13.3. The Morgan fingerprint density at radius 1 is 1.21 bits per heavy atom. The summed E-state index contributed by atoms with van der Waals surface area (Å²) in [5.41, 5.74) is 1.80. The summed E-state index contributed by atoms with van der Waals surface area (Å²) in [6, 6.07) is 12.0. The minimum Gasteiger partial charge on any atom is -0.340 e. The van der Waals surface area contributed by atoms with Gasteiger partial charge >= 0.3 is 0 Å². The number of hydrogen-bond acceptors (Lipinski definition) is 5. The van der Waals surface area contributed by atoms with Gasteiger partial charge in [-0.15, -0.1) is 0 Å². The highest BCUT2D eigenvalue weighted by Crippen LogP contribution is 2.32. The number of quaternary nitrogens is 1. The first-order valence-corrected chi connectivity index (χ1v) is 9.90. The molecule has 1 amide bonds. The number of nitrogens with zero attached hydrogens (tertiary/aromatic N) is 3. The Morgan fingerprint density at radius 3 is 2.64 bits per heavy atom. The van der Waals surface area contributed by atoms with E-state index in [1.165, 1.54) is 28.4 Å². The molecule has 0 saturated heterocycles. The van der Waals surface area contributed by atoms with Gasteiger partial charge in [-0.25, -0.2) is 4.98 Å². The topological polar surface area (TPSA) is 80.8 Å². The number of carbonyl (C=O) groups is 1. The number of benzene rings is 2. The number of aromatic nitrogens is 1. The van der Waals surface area contributed by atoms with Crippen molar-refractivity contribution in [1.82, 2.24) is 4.98 Å². The molecule has 1 N–H and O–H groups in total. The molecule has 0 aliphatic rings. The Hall–Kier alpha value is -2.84. The number of para-hydroxylation sites is 2. The molecule has 0 bridgehead atoms. The van der Waals surface area contributed by atoms with Crippen LogP contribution < -0.4 is 9.80 Å². The Kier molecular flexibility index (Phi) is 6.01. The average Bonchev–Trinajstić information content (AvgIpc) is 3.10. The van der Waals surface area contributed by atoms with Crippen molar-refractivity contribution in [3.05, 3.63) is 63.7 Å². The molecule has 0 saturated carbocycles. The second-order valence-electron chi connectivity index (χ2n) is 6.96. The number of nitro groups is 1. The van der Waals surface area contributed by atoms with Crippen molar-refractivity contribution >= 4 is 38.3 Å². The van der Waals surface area contributed by atoms with E-state index in [1.54, 1.807) is 17.0 Å². The number of nitrogens with one attached hydrogen (secondary N) is 1. The Bertz CT molecular complexity index is 1020. The lowest BCUT2D eigenvalue weighted by atomic mass is 10.1. The summed E-state index contributed by atoms with van der Waals surface area (Å²) in [5.74, 6) is -0.391. The third-order valence-electron chi connectivity index (χ3n) is 4.48. The monoisotopic (exact) mass is 399 g/mol. The molecule has 3 aromatic rings. The maximum absolute atomic E-state index is 13.3. The molecule has 0 aliphatic carbocycles. The van der Waals surface area contributed by atoms with Crippen LogP contribution in [0.3, 0.4) is 0 Å². The van der Waals surface area contributed by atoms with Crippen LogP contribution in [0.4, 0.5) is 10.8 Å². The number of amides is 1. The number of rotatable bonds is 7. The molecule has 8 heteroatoms. The molecule has 146 valence electrons. The van der Waals surface area contributed by atoms with E-state index in [2.05, 4.69) is 19.1 Å². The van der Waals surface area contributed by atoms with E-state index in [4.69, 9.17) is 0 Å². The van der Waals surface area contributed by atoms with E-state index < -0.39 is 10.8 Å². The summed E-state index contributed by atoms with van der Waals surface area (Å²) in [6.45, 7) is 3.31. The molecule has 1 aromatic heterocycles. The number of thiazole rings is 1. The van der Waals surface area contributed by atoms with Crippen molar-refractivity contribution in [3.8, 4) is 0 Å². The summed E-state index contributed by atoms with van der Waals surface area (Å²) in [7, 11) is 4.10. The molecule has 2 aromatic carbocycles. The van der Waals surface area contributed by atoms with Crippen molar-refractivity contribution in [2.24, 2.45) is 0 Å². The number of nitro benzene ring substituents is 1. The number of carbonyl (C=O) groups excluding carboxylic acids is 1. The fraction of sp³-hybridized carbons (Fsp3) is 0.300. The molecule has 0 spiro atoms.